The summed E-state index contributed by atoms with van der Waals surface area (Å²) in [4.78, 5) is 36.7. The lowest BCUT2D eigenvalue weighted by Crippen LogP contribution is -2.41. The molecule has 202 valence electrons. The highest BCUT2D eigenvalue weighted by molar-refractivity contribution is 6.05. The van der Waals surface area contributed by atoms with Gasteiger partial charge in [-0.05, 0) is 81.1 Å². The molecule has 2 fully saturated rings. The van der Waals surface area contributed by atoms with Gasteiger partial charge in [0.2, 0.25) is 5.91 Å². The molecule has 3 N–H and O–H groups in total. The molecular formula is C31H36N6O2. The predicted molar refractivity (Wildman–Crippen MR) is 155 cm³/mol. The molecular weight excluding hydrogens is 488 g/mol. The van der Waals surface area contributed by atoms with Crippen LogP contribution in [0.5, 0.6) is 0 Å². The molecule has 2 aromatic heterocycles. The van der Waals surface area contributed by atoms with Gasteiger partial charge in [-0.2, -0.15) is 0 Å². The van der Waals surface area contributed by atoms with Crippen molar-refractivity contribution < 1.29 is 9.59 Å². The van der Waals surface area contributed by atoms with E-state index in [1.54, 1.807) is 6.92 Å². The van der Waals surface area contributed by atoms with Gasteiger partial charge in [-0.25, -0.2) is 9.97 Å². The van der Waals surface area contributed by atoms with Crippen LogP contribution < -0.4 is 11.1 Å². The third-order valence-electron chi connectivity index (χ3n) is 8.63. The molecule has 2 amide bonds. The van der Waals surface area contributed by atoms with E-state index in [9.17, 15) is 9.59 Å². The summed E-state index contributed by atoms with van der Waals surface area (Å²) in [5, 5.41) is 3.71. The molecule has 1 unspecified atom stereocenters. The number of hydrogen-bond acceptors (Lipinski definition) is 5. The number of nitrogens with two attached hydrogens (primary N) is 1. The van der Waals surface area contributed by atoms with Crippen LogP contribution in [-0.2, 0) is 16.6 Å². The van der Waals surface area contributed by atoms with Crippen LogP contribution in [0.25, 0.3) is 27.9 Å². The molecule has 3 aliphatic rings. The van der Waals surface area contributed by atoms with Crippen LogP contribution in [0.1, 0.15) is 57.4 Å². The standard InChI is InChI=1S/C31H36N6O2/c1-18(2)30(38)35-23-14-12-21(13-15-23)27-25(26-28(32)33-17-34-29(26)36(27)3)20-8-10-22(11-9-20)31(39)37-16-4-5-24(37)19-6-7-19/h8,12-15,17,19,22,24H,1,4-7,9-11,16H2,2-3H3,(H,35,38)(H2,32,33,34)/t22?,24-/m1/s1. The first kappa shape index (κ1) is 25.3. The van der Waals surface area contributed by atoms with Crippen LogP contribution in [0.3, 0.4) is 0 Å². The molecule has 0 bridgehead atoms. The smallest absolute Gasteiger partial charge is 0.250 e. The molecule has 1 saturated heterocycles. The zero-order valence-electron chi connectivity index (χ0n) is 22.7. The summed E-state index contributed by atoms with van der Waals surface area (Å²) in [7, 11) is 1.99. The number of fused-ring (bicyclic) bond motifs is 1. The second kappa shape index (κ2) is 9.98. The average Bonchev–Trinajstić information content (AvgIpc) is 3.59. The lowest BCUT2D eigenvalue weighted by Gasteiger charge is -2.30. The summed E-state index contributed by atoms with van der Waals surface area (Å²) >= 11 is 0. The third-order valence-corrected chi connectivity index (χ3v) is 8.63. The first-order valence-electron chi connectivity index (χ1n) is 14.0. The Balaban J connectivity index is 1.33. The molecule has 1 aromatic carbocycles. The quantitative estimate of drug-likeness (QED) is 0.425. The van der Waals surface area contributed by atoms with Gasteiger partial charge >= 0.3 is 0 Å². The normalized spacial score (nSPS) is 21.2. The van der Waals surface area contributed by atoms with E-state index in [1.807, 2.05) is 31.3 Å². The van der Waals surface area contributed by atoms with E-state index in [-0.39, 0.29) is 11.8 Å². The van der Waals surface area contributed by atoms with Crippen molar-refractivity contribution >= 4 is 39.9 Å². The van der Waals surface area contributed by atoms with E-state index in [1.165, 1.54) is 31.2 Å². The largest absolute Gasteiger partial charge is 0.383 e. The molecule has 3 aromatic rings. The van der Waals surface area contributed by atoms with Gasteiger partial charge in [0.1, 0.15) is 17.8 Å². The molecule has 2 aliphatic carbocycles. The first-order valence-corrected chi connectivity index (χ1v) is 14.0. The van der Waals surface area contributed by atoms with Crippen LogP contribution in [-0.4, -0.2) is 43.8 Å². The molecule has 1 saturated carbocycles. The average molecular weight is 525 g/mol. The Morgan fingerprint density at radius 2 is 1.87 bits per heavy atom. The highest BCUT2D eigenvalue weighted by atomic mass is 16.2. The van der Waals surface area contributed by atoms with Gasteiger partial charge in [-0.1, -0.05) is 24.8 Å². The fraction of sp³-hybridized carbons (Fsp3) is 0.419. The minimum atomic E-state index is -0.204. The van der Waals surface area contributed by atoms with Crippen molar-refractivity contribution in [2.75, 3.05) is 17.6 Å². The zero-order chi connectivity index (χ0) is 27.3. The summed E-state index contributed by atoms with van der Waals surface area (Å²) in [6, 6.07) is 8.24. The van der Waals surface area contributed by atoms with E-state index < -0.39 is 0 Å². The van der Waals surface area contributed by atoms with Crippen molar-refractivity contribution in [2.45, 2.75) is 57.9 Å². The molecule has 3 heterocycles. The number of carbonyl (C=O) groups is 2. The lowest BCUT2D eigenvalue weighted by molar-refractivity contribution is -0.137. The van der Waals surface area contributed by atoms with Crippen molar-refractivity contribution in [1.82, 2.24) is 19.4 Å². The Bertz CT molecular complexity index is 1500. The van der Waals surface area contributed by atoms with E-state index >= 15 is 0 Å². The summed E-state index contributed by atoms with van der Waals surface area (Å²) in [5.74, 6) is 1.35. The number of amides is 2. The maximum atomic E-state index is 13.5. The van der Waals surface area contributed by atoms with Crippen molar-refractivity contribution in [3.63, 3.8) is 0 Å². The number of anilines is 2. The van der Waals surface area contributed by atoms with Crippen molar-refractivity contribution in [3.8, 4) is 11.3 Å². The molecule has 8 nitrogen and oxygen atoms in total. The Kier molecular flexibility index (Phi) is 6.49. The topological polar surface area (TPSA) is 106 Å². The SMILES string of the molecule is C=C(C)C(=O)Nc1ccc(-c2c(C3=CCC(C(=O)N4CCC[C@@H]4C4CC4)CC3)c3c(N)ncnc3n2C)cc1. The number of aromatic nitrogens is 3. The number of nitrogens with one attached hydrogen (secondary N) is 1. The maximum absolute atomic E-state index is 13.5. The van der Waals surface area contributed by atoms with E-state index in [4.69, 9.17) is 5.73 Å². The van der Waals surface area contributed by atoms with E-state index in [0.717, 1.165) is 66.0 Å². The van der Waals surface area contributed by atoms with Gasteiger partial charge in [0.25, 0.3) is 5.91 Å². The number of hydrogen-bond donors (Lipinski definition) is 2. The van der Waals surface area contributed by atoms with Gasteiger partial charge in [-0.3, -0.25) is 9.59 Å². The van der Waals surface area contributed by atoms with Crippen LogP contribution >= 0.6 is 0 Å². The summed E-state index contributed by atoms with van der Waals surface area (Å²) in [6.45, 7) is 6.30. The molecule has 8 heteroatoms. The van der Waals surface area contributed by atoms with Gasteiger partial charge < -0.3 is 20.5 Å². The Hall–Kier alpha value is -3.94. The molecule has 2 atom stereocenters. The number of rotatable bonds is 6. The Labute approximate surface area is 229 Å². The molecule has 39 heavy (non-hydrogen) atoms. The van der Waals surface area contributed by atoms with E-state index in [0.29, 0.717) is 29.0 Å². The minimum Gasteiger partial charge on any atom is -0.383 e. The summed E-state index contributed by atoms with van der Waals surface area (Å²) < 4.78 is 2.06. The van der Waals surface area contributed by atoms with Crippen molar-refractivity contribution in [2.24, 2.45) is 18.9 Å². The van der Waals surface area contributed by atoms with Gasteiger partial charge in [-0.15, -0.1) is 0 Å². The number of benzene rings is 1. The first-order chi connectivity index (χ1) is 18.8. The third kappa shape index (κ3) is 4.62. The number of carbonyl (C=O) groups excluding carboxylic acids is 2. The molecule has 0 radical (unpaired) electrons. The minimum absolute atomic E-state index is 0.0383. The molecule has 6 rings (SSSR count). The van der Waals surface area contributed by atoms with Gasteiger partial charge in [0, 0.05) is 42.4 Å². The van der Waals surface area contributed by atoms with Crippen molar-refractivity contribution in [3.05, 3.63) is 54.4 Å². The highest BCUT2D eigenvalue weighted by Gasteiger charge is 2.41. The Morgan fingerprint density at radius 3 is 2.54 bits per heavy atom. The number of allylic oxidation sites excluding steroid dienone is 2. The maximum Gasteiger partial charge on any atom is 0.250 e. The number of likely N-dealkylation sites (tertiary alicyclic amines) is 1. The Morgan fingerprint density at radius 1 is 1.10 bits per heavy atom. The monoisotopic (exact) mass is 524 g/mol. The number of nitrogen functional groups attached to an aromatic ring is 1. The second-order valence-corrected chi connectivity index (χ2v) is 11.3. The van der Waals surface area contributed by atoms with Crippen LogP contribution in [0.15, 0.2) is 48.8 Å². The summed E-state index contributed by atoms with van der Waals surface area (Å²) in [6.07, 6.45) is 10.9. The fourth-order valence-electron chi connectivity index (χ4n) is 6.43. The van der Waals surface area contributed by atoms with Crippen LogP contribution in [0.4, 0.5) is 11.5 Å². The number of aryl methyl sites for hydroxylation is 1. The predicted octanol–water partition coefficient (Wildman–Crippen LogP) is 5.32. The van der Waals surface area contributed by atoms with E-state index in [2.05, 4.69) is 37.4 Å². The van der Waals surface area contributed by atoms with Crippen LogP contribution in [0.2, 0.25) is 0 Å². The highest BCUT2D eigenvalue weighted by Crippen LogP contribution is 2.44. The summed E-state index contributed by atoms with van der Waals surface area (Å²) in [5.41, 5.74) is 12.6. The second-order valence-electron chi connectivity index (χ2n) is 11.3. The lowest BCUT2D eigenvalue weighted by atomic mass is 9.84. The zero-order valence-corrected chi connectivity index (χ0v) is 22.7. The van der Waals surface area contributed by atoms with Crippen LogP contribution in [0, 0.1) is 11.8 Å². The molecule has 0 spiro atoms. The number of nitrogens with zero attached hydrogens (tertiary/aromatic N) is 4. The van der Waals surface area contributed by atoms with Gasteiger partial charge in [0.15, 0.2) is 0 Å². The van der Waals surface area contributed by atoms with Crippen molar-refractivity contribution in [1.29, 1.82) is 0 Å². The molecule has 1 aliphatic heterocycles. The fourth-order valence-corrected chi connectivity index (χ4v) is 6.43. The van der Waals surface area contributed by atoms with Gasteiger partial charge in [0.05, 0.1) is 11.1 Å².